The van der Waals surface area contributed by atoms with Gasteiger partial charge < -0.3 is 4.74 Å². The maximum atomic E-state index is 12.0. The zero-order chi connectivity index (χ0) is 20.3. The number of aromatic nitrogens is 1. The Labute approximate surface area is 165 Å². The van der Waals surface area contributed by atoms with E-state index in [2.05, 4.69) is 11.1 Å². The van der Waals surface area contributed by atoms with Gasteiger partial charge in [0.2, 0.25) is 5.88 Å². The number of fused-ring (bicyclic) bond motifs is 1. The number of ether oxygens (including phenoxy) is 1. The van der Waals surface area contributed by atoms with Crippen molar-refractivity contribution in [3.8, 4) is 11.9 Å². The second-order valence-electron chi connectivity index (χ2n) is 7.32. The van der Waals surface area contributed by atoms with E-state index >= 15 is 0 Å². The highest BCUT2D eigenvalue weighted by molar-refractivity contribution is 5.96. The summed E-state index contributed by atoms with van der Waals surface area (Å²) >= 11 is 0. The molecule has 1 unspecified atom stereocenters. The minimum atomic E-state index is -0.734. The molecule has 0 aliphatic carbocycles. The van der Waals surface area contributed by atoms with E-state index in [-0.39, 0.29) is 5.78 Å². The van der Waals surface area contributed by atoms with Gasteiger partial charge in [-0.2, -0.15) is 5.26 Å². The molecule has 4 heteroatoms. The summed E-state index contributed by atoms with van der Waals surface area (Å²) in [7, 11) is 1.61. The van der Waals surface area contributed by atoms with E-state index in [1.165, 1.54) is 0 Å². The van der Waals surface area contributed by atoms with Crippen molar-refractivity contribution in [3.05, 3.63) is 70.8 Å². The number of ketones is 1. The van der Waals surface area contributed by atoms with Crippen LogP contribution in [0.3, 0.4) is 0 Å². The molecule has 3 aromatic rings. The monoisotopic (exact) mass is 372 g/mol. The minimum absolute atomic E-state index is 0.109. The van der Waals surface area contributed by atoms with Crippen molar-refractivity contribution in [1.29, 1.82) is 5.26 Å². The van der Waals surface area contributed by atoms with Gasteiger partial charge in [-0.05, 0) is 49.6 Å². The number of nitrogens with zero attached hydrogens (tertiary/aromatic N) is 2. The predicted molar refractivity (Wildman–Crippen MR) is 111 cm³/mol. The Morgan fingerprint density at radius 3 is 2.68 bits per heavy atom. The number of aryl methyl sites for hydroxylation is 1. The van der Waals surface area contributed by atoms with Crippen molar-refractivity contribution < 1.29 is 9.53 Å². The lowest BCUT2D eigenvalue weighted by Gasteiger charge is -2.23. The van der Waals surface area contributed by atoms with Gasteiger partial charge in [-0.25, -0.2) is 4.98 Å². The first-order chi connectivity index (χ1) is 13.4. The van der Waals surface area contributed by atoms with E-state index in [4.69, 9.17) is 4.74 Å². The van der Waals surface area contributed by atoms with Crippen LogP contribution < -0.4 is 4.74 Å². The number of carbonyl (C=O) groups excluding carboxylic acids is 1. The van der Waals surface area contributed by atoms with Crippen LogP contribution in [0.5, 0.6) is 5.88 Å². The standard InChI is InChI=1S/C24H24N2O2/c1-5-22(27)19-8-6-7-17(12-19)14-24(3,15-25)20-10-9-18-11-16(2)23(28-4)26-21(18)13-20/h6-13H,5,14H2,1-4H3. The van der Waals surface area contributed by atoms with Gasteiger partial charge in [-0.3, -0.25) is 4.79 Å². The number of benzene rings is 2. The van der Waals surface area contributed by atoms with Crippen molar-refractivity contribution in [2.45, 2.75) is 39.0 Å². The van der Waals surface area contributed by atoms with Crippen LogP contribution in [0.4, 0.5) is 0 Å². The summed E-state index contributed by atoms with van der Waals surface area (Å²) in [5.74, 6) is 0.701. The molecule has 3 rings (SSSR count). The van der Waals surface area contributed by atoms with E-state index in [9.17, 15) is 10.1 Å². The highest BCUT2D eigenvalue weighted by Gasteiger charge is 2.27. The third kappa shape index (κ3) is 3.75. The second-order valence-corrected chi connectivity index (χ2v) is 7.32. The van der Waals surface area contributed by atoms with Crippen LogP contribution in [0, 0.1) is 18.3 Å². The fourth-order valence-electron chi connectivity index (χ4n) is 3.48. The maximum absolute atomic E-state index is 12.0. The first kappa shape index (κ1) is 19.6. The lowest BCUT2D eigenvalue weighted by Crippen LogP contribution is -2.23. The fourth-order valence-corrected chi connectivity index (χ4v) is 3.48. The zero-order valence-electron chi connectivity index (χ0n) is 16.7. The molecule has 1 atom stereocenters. The molecule has 4 nitrogen and oxygen atoms in total. The summed E-state index contributed by atoms with van der Waals surface area (Å²) in [6.45, 7) is 5.74. The summed E-state index contributed by atoms with van der Waals surface area (Å²) in [5, 5.41) is 11.0. The predicted octanol–water partition coefficient (Wildman–Crippen LogP) is 5.17. The number of methoxy groups -OCH3 is 1. The van der Waals surface area contributed by atoms with Gasteiger partial charge in [0.15, 0.2) is 5.78 Å². The lowest BCUT2D eigenvalue weighted by molar-refractivity contribution is 0.0988. The van der Waals surface area contributed by atoms with Crippen LogP contribution in [0.25, 0.3) is 10.9 Å². The molecule has 0 radical (unpaired) electrons. The summed E-state index contributed by atoms with van der Waals surface area (Å²) < 4.78 is 5.34. The maximum Gasteiger partial charge on any atom is 0.216 e. The quantitative estimate of drug-likeness (QED) is 0.560. The smallest absolute Gasteiger partial charge is 0.216 e. The topological polar surface area (TPSA) is 63.0 Å². The third-order valence-corrected chi connectivity index (χ3v) is 5.17. The highest BCUT2D eigenvalue weighted by Crippen LogP contribution is 2.31. The minimum Gasteiger partial charge on any atom is -0.481 e. The van der Waals surface area contributed by atoms with Gasteiger partial charge in [-0.15, -0.1) is 0 Å². The molecule has 0 amide bonds. The van der Waals surface area contributed by atoms with Crippen molar-refractivity contribution in [1.82, 2.24) is 4.98 Å². The van der Waals surface area contributed by atoms with Crippen molar-refractivity contribution in [3.63, 3.8) is 0 Å². The van der Waals surface area contributed by atoms with Gasteiger partial charge in [-0.1, -0.05) is 37.3 Å². The number of hydrogen-bond donors (Lipinski definition) is 0. The summed E-state index contributed by atoms with van der Waals surface area (Å²) in [5.41, 5.74) is 3.60. The molecule has 1 heterocycles. The molecule has 0 fully saturated rings. The number of nitriles is 1. The van der Waals surface area contributed by atoms with Crippen LogP contribution in [-0.2, 0) is 11.8 Å². The molecule has 0 aliphatic heterocycles. The first-order valence-corrected chi connectivity index (χ1v) is 9.39. The van der Waals surface area contributed by atoms with Gasteiger partial charge >= 0.3 is 0 Å². The summed E-state index contributed by atoms with van der Waals surface area (Å²) in [6, 6.07) is 18.0. The Bertz CT molecular complexity index is 1080. The van der Waals surface area contributed by atoms with Gasteiger partial charge in [0.1, 0.15) is 0 Å². The van der Waals surface area contributed by atoms with E-state index in [0.29, 0.717) is 24.3 Å². The Morgan fingerprint density at radius 2 is 2.00 bits per heavy atom. The van der Waals surface area contributed by atoms with Crippen LogP contribution in [0.15, 0.2) is 48.5 Å². The first-order valence-electron chi connectivity index (χ1n) is 9.39. The third-order valence-electron chi connectivity index (χ3n) is 5.17. The Balaban J connectivity index is 2.01. The van der Waals surface area contributed by atoms with Gasteiger partial charge in [0.25, 0.3) is 0 Å². The highest BCUT2D eigenvalue weighted by atomic mass is 16.5. The molecular formula is C24H24N2O2. The van der Waals surface area contributed by atoms with E-state index < -0.39 is 5.41 Å². The molecule has 0 bridgehead atoms. The summed E-state index contributed by atoms with van der Waals surface area (Å²) in [6.07, 6.45) is 0.986. The van der Waals surface area contributed by atoms with Crippen LogP contribution in [-0.4, -0.2) is 17.9 Å². The van der Waals surface area contributed by atoms with Gasteiger partial charge in [0.05, 0.1) is 24.1 Å². The Kier molecular flexibility index (Phi) is 5.46. The summed E-state index contributed by atoms with van der Waals surface area (Å²) in [4.78, 5) is 16.6. The Morgan fingerprint density at radius 1 is 1.21 bits per heavy atom. The van der Waals surface area contributed by atoms with Crippen LogP contribution in [0.1, 0.15) is 47.3 Å². The average Bonchev–Trinajstić information content (AvgIpc) is 2.72. The van der Waals surface area contributed by atoms with Crippen molar-refractivity contribution in [2.24, 2.45) is 0 Å². The second kappa shape index (κ2) is 7.82. The zero-order valence-corrected chi connectivity index (χ0v) is 16.7. The van der Waals surface area contributed by atoms with E-state index in [1.807, 2.05) is 69.3 Å². The molecule has 2 aromatic carbocycles. The van der Waals surface area contributed by atoms with Crippen molar-refractivity contribution >= 4 is 16.7 Å². The SMILES string of the molecule is CCC(=O)c1cccc(CC(C)(C#N)c2ccc3cc(C)c(OC)nc3c2)c1. The fraction of sp³-hybridized carbons (Fsp3) is 0.292. The molecular weight excluding hydrogens is 348 g/mol. The number of rotatable bonds is 6. The molecule has 0 saturated heterocycles. The molecule has 0 spiro atoms. The normalized spacial score (nSPS) is 13.0. The Hall–Kier alpha value is -3.19. The van der Waals surface area contributed by atoms with E-state index in [0.717, 1.165) is 27.6 Å². The number of pyridine rings is 1. The average molecular weight is 372 g/mol. The molecule has 0 aliphatic rings. The van der Waals surface area contributed by atoms with E-state index in [1.54, 1.807) is 7.11 Å². The van der Waals surface area contributed by atoms with Crippen LogP contribution in [0.2, 0.25) is 0 Å². The molecule has 0 N–H and O–H groups in total. The van der Waals surface area contributed by atoms with Crippen molar-refractivity contribution in [2.75, 3.05) is 7.11 Å². The molecule has 28 heavy (non-hydrogen) atoms. The van der Waals surface area contributed by atoms with Crippen LogP contribution >= 0.6 is 0 Å². The molecule has 0 saturated carbocycles. The molecule has 142 valence electrons. The number of Topliss-reactive ketones (excluding diaryl/α,β-unsaturated/α-hetero) is 1. The number of carbonyl (C=O) groups is 1. The molecule has 1 aromatic heterocycles. The number of hydrogen-bond acceptors (Lipinski definition) is 4. The van der Waals surface area contributed by atoms with Gasteiger partial charge in [0, 0.05) is 22.9 Å². The lowest BCUT2D eigenvalue weighted by atomic mass is 9.78. The largest absolute Gasteiger partial charge is 0.481 e.